The van der Waals surface area contributed by atoms with Crippen LogP contribution in [0.1, 0.15) is 37.7 Å². The zero-order valence-corrected chi connectivity index (χ0v) is 13.1. The molecular weight excluding hydrogens is 304 g/mol. The first kappa shape index (κ1) is 14.7. The molecule has 19 heavy (non-hydrogen) atoms. The second-order valence-corrected chi connectivity index (χ2v) is 6.10. The molecule has 1 aromatic carbocycles. The number of nitrogens with one attached hydrogen (secondary N) is 1. The Morgan fingerprint density at radius 3 is 2.79 bits per heavy atom. The molecular formula is C15H23BrN2O. The van der Waals surface area contributed by atoms with Crippen LogP contribution in [0.5, 0.6) is 0 Å². The van der Waals surface area contributed by atoms with Gasteiger partial charge in [0.1, 0.15) is 0 Å². The first-order chi connectivity index (χ1) is 9.16. The standard InChI is InChI=1S/C15H23BrN2O/c1-11-9-15(13(16)10-14(11)17)18-7-8-19-12-5-3-2-4-6-12/h9-10,12,18H,2-8,17H2,1H3. The van der Waals surface area contributed by atoms with Crippen LogP contribution in [0.15, 0.2) is 16.6 Å². The first-order valence-electron chi connectivity index (χ1n) is 7.08. The van der Waals surface area contributed by atoms with Crippen LogP contribution in [0.4, 0.5) is 11.4 Å². The summed E-state index contributed by atoms with van der Waals surface area (Å²) >= 11 is 3.53. The van der Waals surface area contributed by atoms with Crippen molar-refractivity contribution in [3.8, 4) is 0 Å². The summed E-state index contributed by atoms with van der Waals surface area (Å²) in [4.78, 5) is 0. The molecule has 0 saturated heterocycles. The Morgan fingerprint density at radius 2 is 2.05 bits per heavy atom. The van der Waals surface area contributed by atoms with Gasteiger partial charge in [-0.05, 0) is 53.4 Å². The van der Waals surface area contributed by atoms with Crippen molar-refractivity contribution in [1.29, 1.82) is 0 Å². The molecule has 0 aliphatic heterocycles. The van der Waals surface area contributed by atoms with Crippen LogP contribution in [0.3, 0.4) is 0 Å². The maximum absolute atomic E-state index is 5.90. The number of benzene rings is 1. The highest BCUT2D eigenvalue weighted by molar-refractivity contribution is 9.10. The van der Waals surface area contributed by atoms with Gasteiger partial charge < -0.3 is 15.8 Å². The molecule has 106 valence electrons. The minimum atomic E-state index is 0.479. The van der Waals surface area contributed by atoms with Crippen molar-refractivity contribution in [2.75, 3.05) is 24.2 Å². The zero-order valence-electron chi connectivity index (χ0n) is 11.5. The molecule has 0 bridgehead atoms. The van der Waals surface area contributed by atoms with E-state index in [-0.39, 0.29) is 0 Å². The van der Waals surface area contributed by atoms with E-state index >= 15 is 0 Å². The second kappa shape index (κ2) is 7.15. The van der Waals surface area contributed by atoms with Crippen molar-refractivity contribution in [2.24, 2.45) is 0 Å². The monoisotopic (exact) mass is 326 g/mol. The molecule has 2 rings (SSSR count). The molecule has 0 radical (unpaired) electrons. The maximum Gasteiger partial charge on any atom is 0.0642 e. The van der Waals surface area contributed by atoms with Gasteiger partial charge in [-0.2, -0.15) is 0 Å². The van der Waals surface area contributed by atoms with Crippen molar-refractivity contribution in [2.45, 2.75) is 45.1 Å². The van der Waals surface area contributed by atoms with Crippen molar-refractivity contribution < 1.29 is 4.74 Å². The lowest BCUT2D eigenvalue weighted by Gasteiger charge is -2.22. The zero-order chi connectivity index (χ0) is 13.7. The van der Waals surface area contributed by atoms with Crippen LogP contribution in [0, 0.1) is 6.92 Å². The summed E-state index contributed by atoms with van der Waals surface area (Å²) in [5, 5.41) is 3.39. The molecule has 4 heteroatoms. The number of rotatable bonds is 5. The number of hydrogen-bond acceptors (Lipinski definition) is 3. The third kappa shape index (κ3) is 4.39. The number of hydrogen-bond donors (Lipinski definition) is 2. The number of ether oxygens (including phenoxy) is 1. The van der Waals surface area contributed by atoms with E-state index in [2.05, 4.69) is 27.3 Å². The van der Waals surface area contributed by atoms with Crippen LogP contribution >= 0.6 is 15.9 Å². The summed E-state index contributed by atoms with van der Waals surface area (Å²) in [6.07, 6.45) is 6.94. The number of nitrogens with two attached hydrogens (primary N) is 1. The predicted molar refractivity (Wildman–Crippen MR) is 84.6 cm³/mol. The molecule has 0 atom stereocenters. The molecule has 1 saturated carbocycles. The molecule has 0 aromatic heterocycles. The van der Waals surface area contributed by atoms with E-state index in [1.807, 2.05) is 13.0 Å². The molecule has 1 aromatic rings. The Bertz CT molecular complexity index is 417. The fraction of sp³-hybridized carbons (Fsp3) is 0.600. The highest BCUT2D eigenvalue weighted by Crippen LogP contribution is 2.27. The summed E-state index contributed by atoms with van der Waals surface area (Å²) in [5.74, 6) is 0. The summed E-state index contributed by atoms with van der Waals surface area (Å²) in [7, 11) is 0. The van der Waals surface area contributed by atoms with Crippen molar-refractivity contribution >= 4 is 27.3 Å². The maximum atomic E-state index is 5.90. The summed E-state index contributed by atoms with van der Waals surface area (Å²) in [6, 6.07) is 4.01. The minimum Gasteiger partial charge on any atom is -0.398 e. The summed E-state index contributed by atoms with van der Waals surface area (Å²) in [6.45, 7) is 3.62. The molecule has 1 aliphatic rings. The summed E-state index contributed by atoms with van der Waals surface area (Å²) < 4.78 is 6.90. The Balaban J connectivity index is 1.74. The van der Waals surface area contributed by atoms with Gasteiger partial charge >= 0.3 is 0 Å². The second-order valence-electron chi connectivity index (χ2n) is 5.25. The van der Waals surface area contributed by atoms with E-state index in [4.69, 9.17) is 10.5 Å². The Hall–Kier alpha value is -0.740. The van der Waals surface area contributed by atoms with E-state index < -0.39 is 0 Å². The Labute approximate surface area is 124 Å². The van der Waals surface area contributed by atoms with Crippen LogP contribution in [-0.2, 0) is 4.74 Å². The lowest BCUT2D eigenvalue weighted by molar-refractivity contribution is 0.0347. The van der Waals surface area contributed by atoms with E-state index in [9.17, 15) is 0 Å². The Morgan fingerprint density at radius 1 is 1.32 bits per heavy atom. The number of anilines is 2. The van der Waals surface area contributed by atoms with E-state index in [1.54, 1.807) is 0 Å². The highest BCUT2D eigenvalue weighted by Gasteiger charge is 2.13. The molecule has 3 nitrogen and oxygen atoms in total. The van der Waals surface area contributed by atoms with Gasteiger partial charge in [0.25, 0.3) is 0 Å². The van der Waals surface area contributed by atoms with E-state index in [0.29, 0.717) is 6.10 Å². The molecule has 0 amide bonds. The van der Waals surface area contributed by atoms with E-state index in [1.165, 1.54) is 32.1 Å². The van der Waals surface area contributed by atoms with Crippen molar-refractivity contribution in [3.63, 3.8) is 0 Å². The van der Waals surface area contributed by atoms with Crippen molar-refractivity contribution in [3.05, 3.63) is 22.2 Å². The SMILES string of the molecule is Cc1cc(NCCOC2CCCCC2)c(Br)cc1N. The molecule has 0 heterocycles. The predicted octanol–water partition coefficient (Wildman–Crippen LogP) is 4.10. The van der Waals surface area contributed by atoms with Gasteiger partial charge in [0.05, 0.1) is 12.7 Å². The smallest absolute Gasteiger partial charge is 0.0642 e. The minimum absolute atomic E-state index is 0.479. The van der Waals surface area contributed by atoms with Crippen LogP contribution in [-0.4, -0.2) is 19.3 Å². The molecule has 1 aliphatic carbocycles. The van der Waals surface area contributed by atoms with Gasteiger partial charge in [-0.15, -0.1) is 0 Å². The fourth-order valence-electron chi connectivity index (χ4n) is 2.48. The topological polar surface area (TPSA) is 47.3 Å². The largest absolute Gasteiger partial charge is 0.398 e. The average Bonchev–Trinajstić information content (AvgIpc) is 2.41. The van der Waals surface area contributed by atoms with Gasteiger partial charge in [0, 0.05) is 22.4 Å². The quantitative estimate of drug-likeness (QED) is 0.632. The van der Waals surface area contributed by atoms with Gasteiger partial charge in [-0.25, -0.2) is 0 Å². The van der Waals surface area contributed by atoms with Crippen LogP contribution in [0.25, 0.3) is 0 Å². The Kier molecular flexibility index (Phi) is 5.52. The average molecular weight is 327 g/mol. The summed E-state index contributed by atoms with van der Waals surface area (Å²) in [5.41, 5.74) is 8.85. The van der Waals surface area contributed by atoms with Gasteiger partial charge in [-0.1, -0.05) is 19.3 Å². The number of nitrogen functional groups attached to an aromatic ring is 1. The van der Waals surface area contributed by atoms with Gasteiger partial charge in [-0.3, -0.25) is 0 Å². The van der Waals surface area contributed by atoms with E-state index in [0.717, 1.165) is 34.6 Å². The third-order valence-electron chi connectivity index (χ3n) is 3.68. The molecule has 3 N–H and O–H groups in total. The molecule has 0 spiro atoms. The lowest BCUT2D eigenvalue weighted by Crippen LogP contribution is -2.20. The van der Waals surface area contributed by atoms with Gasteiger partial charge in [0.2, 0.25) is 0 Å². The molecule has 1 fully saturated rings. The number of halogens is 1. The van der Waals surface area contributed by atoms with Crippen LogP contribution in [0.2, 0.25) is 0 Å². The highest BCUT2D eigenvalue weighted by atomic mass is 79.9. The first-order valence-corrected chi connectivity index (χ1v) is 7.87. The fourth-order valence-corrected chi connectivity index (χ4v) is 2.98. The third-order valence-corrected chi connectivity index (χ3v) is 4.34. The van der Waals surface area contributed by atoms with Crippen LogP contribution < -0.4 is 11.1 Å². The lowest BCUT2D eigenvalue weighted by atomic mass is 9.98. The molecule has 0 unspecified atom stereocenters. The van der Waals surface area contributed by atoms with Gasteiger partial charge in [0.15, 0.2) is 0 Å². The van der Waals surface area contributed by atoms with Crippen molar-refractivity contribution in [1.82, 2.24) is 0 Å². The normalized spacial score (nSPS) is 16.5. The number of aryl methyl sites for hydroxylation is 1.